The molecule has 0 aliphatic rings. The van der Waals surface area contributed by atoms with Crippen LogP contribution in [0.4, 0.5) is 11.9 Å². The van der Waals surface area contributed by atoms with E-state index in [-0.39, 0.29) is 18.1 Å². The van der Waals surface area contributed by atoms with Gasteiger partial charge in [0.25, 0.3) is 0 Å². The third kappa shape index (κ3) is 6.30. The molecule has 0 radical (unpaired) electrons. The molecule has 2 rings (SSSR count). The smallest absolute Gasteiger partial charge is 0.337 e. The monoisotopic (exact) mass is 597 g/mol. The van der Waals surface area contributed by atoms with Crippen LogP contribution in [0.1, 0.15) is 38.1 Å². The van der Waals surface area contributed by atoms with Crippen molar-refractivity contribution in [2.45, 2.75) is 39.8 Å². The molecule has 1 aromatic heterocycles. The lowest BCUT2D eigenvalue weighted by Gasteiger charge is -2.15. The topological polar surface area (TPSA) is 98.3 Å². The number of carbonyl (C=O) groups excluding carboxylic acids is 1. The maximum absolute atomic E-state index is 11.8. The molecule has 8 nitrogen and oxygen atoms in total. The number of halogens is 2. The number of nitrogens with one attached hydrogen (secondary N) is 2. The minimum Gasteiger partial charge on any atom is -0.465 e. The molecule has 0 aliphatic heterocycles. The van der Waals surface area contributed by atoms with Gasteiger partial charge in [0.2, 0.25) is 11.9 Å². The molecule has 0 atom stereocenters. The minimum absolute atomic E-state index is 0.159. The van der Waals surface area contributed by atoms with E-state index in [1.807, 2.05) is 27.7 Å². The summed E-state index contributed by atoms with van der Waals surface area (Å²) in [5.41, 5.74) is 0.457. The van der Waals surface area contributed by atoms with Crippen LogP contribution in [0.2, 0.25) is 0 Å². The van der Waals surface area contributed by atoms with Gasteiger partial charge in [-0.2, -0.15) is 15.0 Å². The summed E-state index contributed by atoms with van der Waals surface area (Å²) in [6.45, 7) is 7.99. The standard InChI is InChI=1S/C17H21I2N5O3/c1-8(2)20-15-22-16(21-9(3)4)24-17(23-15)27-13-11(18)6-10(7-12(13)19)14(25)26-5/h6-9H,1-5H3,(H2,20,21,22,23,24). The van der Waals surface area contributed by atoms with Crippen molar-refractivity contribution in [2.75, 3.05) is 17.7 Å². The lowest BCUT2D eigenvalue weighted by atomic mass is 10.2. The largest absolute Gasteiger partial charge is 0.465 e. The van der Waals surface area contributed by atoms with E-state index in [1.165, 1.54) is 7.11 Å². The number of hydrogen-bond acceptors (Lipinski definition) is 8. The minimum atomic E-state index is -0.399. The Labute approximate surface area is 185 Å². The molecule has 146 valence electrons. The lowest BCUT2D eigenvalue weighted by molar-refractivity contribution is 0.0600. The summed E-state index contributed by atoms with van der Waals surface area (Å²) in [6.07, 6.45) is 0. The third-order valence-electron chi connectivity index (χ3n) is 3.06. The van der Waals surface area contributed by atoms with E-state index in [9.17, 15) is 4.79 Å². The fraction of sp³-hybridized carbons (Fsp3) is 0.412. The average molecular weight is 597 g/mol. The van der Waals surface area contributed by atoms with Crippen molar-refractivity contribution in [1.29, 1.82) is 0 Å². The number of benzene rings is 1. The number of aromatic nitrogens is 3. The third-order valence-corrected chi connectivity index (χ3v) is 4.67. The van der Waals surface area contributed by atoms with Gasteiger partial charge in [-0.15, -0.1) is 0 Å². The molecule has 0 saturated heterocycles. The zero-order valence-corrected chi connectivity index (χ0v) is 19.9. The van der Waals surface area contributed by atoms with Crippen molar-refractivity contribution in [3.8, 4) is 11.8 Å². The normalized spacial score (nSPS) is 10.9. The molecule has 1 aromatic carbocycles. The highest BCUT2D eigenvalue weighted by molar-refractivity contribution is 14.1. The van der Waals surface area contributed by atoms with Crippen LogP contribution in [0, 0.1) is 7.14 Å². The van der Waals surface area contributed by atoms with E-state index < -0.39 is 5.97 Å². The van der Waals surface area contributed by atoms with E-state index in [0.717, 1.165) is 7.14 Å². The lowest BCUT2D eigenvalue weighted by Crippen LogP contribution is -2.17. The summed E-state index contributed by atoms with van der Waals surface area (Å²) in [5, 5.41) is 6.32. The van der Waals surface area contributed by atoms with E-state index in [0.29, 0.717) is 23.2 Å². The van der Waals surface area contributed by atoms with Gasteiger partial charge in [-0.25, -0.2) is 4.79 Å². The zero-order chi connectivity index (χ0) is 20.1. The van der Waals surface area contributed by atoms with Gasteiger partial charge in [-0.05, 0) is 85.0 Å². The van der Waals surface area contributed by atoms with Gasteiger partial charge in [0.05, 0.1) is 19.8 Å². The Bertz CT molecular complexity index is 779. The first-order chi connectivity index (χ1) is 12.7. The van der Waals surface area contributed by atoms with Gasteiger partial charge in [-0.1, -0.05) is 0 Å². The molecule has 0 saturated carbocycles. The number of rotatable bonds is 7. The molecule has 2 aromatic rings. The Morgan fingerprint density at radius 1 is 0.963 bits per heavy atom. The predicted molar refractivity (Wildman–Crippen MR) is 121 cm³/mol. The first-order valence-electron chi connectivity index (χ1n) is 8.24. The molecule has 0 spiro atoms. The Hall–Kier alpha value is -1.44. The quantitative estimate of drug-likeness (QED) is 0.361. The fourth-order valence-electron chi connectivity index (χ4n) is 2.03. The van der Waals surface area contributed by atoms with Gasteiger partial charge in [0.15, 0.2) is 5.75 Å². The maximum atomic E-state index is 11.8. The van der Waals surface area contributed by atoms with Crippen molar-refractivity contribution < 1.29 is 14.3 Å². The average Bonchev–Trinajstić information content (AvgIpc) is 2.55. The van der Waals surface area contributed by atoms with Crippen LogP contribution in [0.5, 0.6) is 11.8 Å². The second-order valence-corrected chi connectivity index (χ2v) is 8.55. The van der Waals surface area contributed by atoms with Crippen LogP contribution in [0.15, 0.2) is 12.1 Å². The second-order valence-electron chi connectivity index (χ2n) is 6.23. The summed E-state index contributed by atoms with van der Waals surface area (Å²) in [6, 6.07) is 3.88. The Morgan fingerprint density at radius 3 is 1.85 bits per heavy atom. The summed E-state index contributed by atoms with van der Waals surface area (Å²) in [7, 11) is 1.35. The SMILES string of the molecule is COC(=O)c1cc(I)c(Oc2nc(NC(C)C)nc(NC(C)C)n2)c(I)c1. The molecule has 2 N–H and O–H groups in total. The Balaban J connectivity index is 2.39. The van der Waals surface area contributed by atoms with Gasteiger partial charge >= 0.3 is 12.0 Å². The van der Waals surface area contributed by atoms with Crippen molar-refractivity contribution in [3.05, 3.63) is 24.8 Å². The molecule has 0 bridgehead atoms. The molecule has 0 fully saturated rings. The number of anilines is 2. The number of esters is 1. The highest BCUT2D eigenvalue weighted by Gasteiger charge is 2.17. The Kier molecular flexibility index (Phi) is 7.82. The highest BCUT2D eigenvalue weighted by Crippen LogP contribution is 2.32. The van der Waals surface area contributed by atoms with Gasteiger partial charge < -0.3 is 20.1 Å². The van der Waals surface area contributed by atoms with E-state index in [1.54, 1.807) is 12.1 Å². The van der Waals surface area contributed by atoms with E-state index in [4.69, 9.17) is 9.47 Å². The predicted octanol–water partition coefficient (Wildman–Crippen LogP) is 4.30. The molecule has 1 heterocycles. The first-order valence-corrected chi connectivity index (χ1v) is 10.4. The van der Waals surface area contributed by atoms with Crippen molar-refractivity contribution in [2.24, 2.45) is 0 Å². The van der Waals surface area contributed by atoms with Crippen molar-refractivity contribution in [3.63, 3.8) is 0 Å². The molecule has 27 heavy (non-hydrogen) atoms. The van der Waals surface area contributed by atoms with Crippen molar-refractivity contribution >= 4 is 63.0 Å². The van der Waals surface area contributed by atoms with Crippen molar-refractivity contribution in [1.82, 2.24) is 15.0 Å². The fourth-order valence-corrected chi connectivity index (χ4v) is 4.02. The number of carbonyl (C=O) groups is 1. The van der Waals surface area contributed by atoms with Crippen LogP contribution in [-0.2, 0) is 4.74 Å². The Morgan fingerprint density at radius 2 is 1.44 bits per heavy atom. The molecule has 0 aliphatic carbocycles. The number of hydrogen-bond donors (Lipinski definition) is 2. The molecule has 0 amide bonds. The van der Waals surface area contributed by atoms with Gasteiger partial charge in [-0.3, -0.25) is 0 Å². The summed E-state index contributed by atoms with van der Waals surface area (Å²) in [4.78, 5) is 24.8. The molecule has 0 unspecified atom stereocenters. The van der Waals surface area contributed by atoms with E-state index in [2.05, 4.69) is 70.8 Å². The van der Waals surface area contributed by atoms with E-state index >= 15 is 0 Å². The number of nitrogens with zero attached hydrogens (tertiary/aromatic N) is 3. The molecular weight excluding hydrogens is 576 g/mol. The van der Waals surface area contributed by atoms with Gasteiger partial charge in [0, 0.05) is 12.1 Å². The number of ether oxygens (including phenoxy) is 2. The summed E-state index contributed by atoms with van der Waals surface area (Å²) >= 11 is 4.21. The summed E-state index contributed by atoms with van der Waals surface area (Å²) in [5.74, 6) is 1.02. The maximum Gasteiger partial charge on any atom is 0.337 e. The van der Waals surface area contributed by atoms with Crippen LogP contribution in [-0.4, -0.2) is 40.1 Å². The highest BCUT2D eigenvalue weighted by atomic mass is 127. The van der Waals surface area contributed by atoms with Gasteiger partial charge in [0.1, 0.15) is 0 Å². The summed E-state index contributed by atoms with van der Waals surface area (Å²) < 4.78 is 12.2. The van der Waals surface area contributed by atoms with Crippen LogP contribution in [0.25, 0.3) is 0 Å². The first kappa shape index (κ1) is 21.9. The molecule has 10 heteroatoms. The zero-order valence-electron chi connectivity index (χ0n) is 15.6. The van der Waals surface area contributed by atoms with Crippen LogP contribution < -0.4 is 15.4 Å². The molecular formula is C17H21I2N5O3. The van der Waals surface area contributed by atoms with Crippen LogP contribution >= 0.6 is 45.2 Å². The second kappa shape index (κ2) is 9.66. The number of methoxy groups -OCH3 is 1. The van der Waals surface area contributed by atoms with Crippen LogP contribution in [0.3, 0.4) is 0 Å².